The lowest BCUT2D eigenvalue weighted by Gasteiger charge is -2.10. The van der Waals surface area contributed by atoms with Gasteiger partial charge < -0.3 is 9.47 Å². The maximum absolute atomic E-state index is 12.2. The Hall–Kier alpha value is -2.06. The Bertz CT molecular complexity index is 836. The van der Waals surface area contributed by atoms with E-state index in [0.29, 0.717) is 23.7 Å². The number of hydrazone groups is 1. The highest BCUT2D eigenvalue weighted by Gasteiger charge is 2.12. The molecule has 134 valence electrons. The van der Waals surface area contributed by atoms with Crippen LogP contribution in [0.3, 0.4) is 0 Å². The number of rotatable bonds is 8. The zero-order chi connectivity index (χ0) is 18.3. The highest BCUT2D eigenvalue weighted by Crippen LogP contribution is 2.27. The minimum absolute atomic E-state index is 0.134. The first kappa shape index (κ1) is 19.3. The van der Waals surface area contributed by atoms with Crippen LogP contribution in [-0.4, -0.2) is 28.3 Å². The van der Waals surface area contributed by atoms with Crippen molar-refractivity contribution in [3.63, 3.8) is 0 Å². The lowest BCUT2D eigenvalue weighted by Crippen LogP contribution is -2.18. The molecule has 0 atom stereocenters. The molecule has 0 heterocycles. The predicted molar refractivity (Wildman–Crippen MR) is 101 cm³/mol. The summed E-state index contributed by atoms with van der Waals surface area (Å²) in [5, 5.41) is 3.82. The number of sulfonamides is 1. The van der Waals surface area contributed by atoms with Crippen LogP contribution in [0.2, 0.25) is 0 Å². The number of ether oxygens (including phenoxy) is 2. The van der Waals surface area contributed by atoms with E-state index in [1.54, 1.807) is 37.4 Å². The maximum atomic E-state index is 12.2. The number of hydrogen-bond donors (Lipinski definition) is 1. The lowest BCUT2D eigenvalue weighted by molar-refractivity contribution is 0.294. The molecule has 0 aromatic heterocycles. The molecule has 0 bridgehead atoms. The first-order valence-corrected chi connectivity index (χ1v) is 9.85. The fourth-order valence-electron chi connectivity index (χ4n) is 1.94. The molecule has 1 N–H and O–H groups in total. The monoisotopic (exact) mass is 426 g/mol. The second-order valence-electron chi connectivity index (χ2n) is 5.07. The third-order valence-electron chi connectivity index (χ3n) is 3.16. The van der Waals surface area contributed by atoms with Crippen LogP contribution in [0.15, 0.2) is 56.9 Å². The third kappa shape index (κ3) is 5.47. The van der Waals surface area contributed by atoms with Crippen molar-refractivity contribution in [2.45, 2.75) is 18.2 Å². The van der Waals surface area contributed by atoms with E-state index in [1.165, 1.54) is 18.3 Å². The summed E-state index contributed by atoms with van der Waals surface area (Å²) in [4.78, 5) is 2.32. The Morgan fingerprint density at radius 3 is 2.52 bits per heavy atom. The van der Waals surface area contributed by atoms with Gasteiger partial charge in [0.05, 0.1) is 24.8 Å². The van der Waals surface area contributed by atoms with Crippen LogP contribution in [0, 0.1) is 0 Å². The molecule has 2 aromatic carbocycles. The smallest absolute Gasteiger partial charge is 0.276 e. The van der Waals surface area contributed by atoms with Crippen LogP contribution < -0.4 is 14.3 Å². The molecule has 0 radical (unpaired) electrons. The summed E-state index contributed by atoms with van der Waals surface area (Å²) in [6, 6.07) is 11.5. The van der Waals surface area contributed by atoms with Gasteiger partial charge in [0.1, 0.15) is 0 Å². The predicted octanol–water partition coefficient (Wildman–Crippen LogP) is 3.56. The van der Waals surface area contributed by atoms with Crippen LogP contribution in [0.5, 0.6) is 11.5 Å². The molecule has 0 unspecified atom stereocenters. The zero-order valence-electron chi connectivity index (χ0n) is 13.9. The molecule has 0 saturated heterocycles. The van der Waals surface area contributed by atoms with E-state index in [2.05, 4.69) is 25.9 Å². The Kier molecular flexibility index (Phi) is 6.83. The molecule has 0 fully saturated rings. The molecule has 0 amide bonds. The van der Waals surface area contributed by atoms with Crippen molar-refractivity contribution in [3.8, 4) is 11.5 Å². The van der Waals surface area contributed by atoms with Gasteiger partial charge in [-0.05, 0) is 54.4 Å². The SMILES string of the molecule is CCCOc1cc(/C=N/NS(=O)(=O)c2ccc(Br)cc2)ccc1OC. The van der Waals surface area contributed by atoms with Crippen molar-refractivity contribution >= 4 is 32.2 Å². The van der Waals surface area contributed by atoms with Gasteiger partial charge in [0.2, 0.25) is 0 Å². The summed E-state index contributed by atoms with van der Waals surface area (Å²) in [6.45, 7) is 2.57. The molecule has 0 aliphatic carbocycles. The largest absolute Gasteiger partial charge is 0.493 e. The molecule has 0 aliphatic heterocycles. The zero-order valence-corrected chi connectivity index (χ0v) is 16.3. The van der Waals surface area contributed by atoms with Crippen LogP contribution in [0.1, 0.15) is 18.9 Å². The number of nitrogens with one attached hydrogen (secondary N) is 1. The molecule has 0 spiro atoms. The minimum atomic E-state index is -3.71. The van der Waals surface area contributed by atoms with Crippen LogP contribution >= 0.6 is 15.9 Å². The van der Waals surface area contributed by atoms with E-state index in [1.807, 2.05) is 6.92 Å². The average molecular weight is 427 g/mol. The van der Waals surface area contributed by atoms with Gasteiger partial charge in [-0.15, -0.1) is 0 Å². The Balaban J connectivity index is 2.12. The van der Waals surface area contributed by atoms with Crippen LogP contribution in [0.25, 0.3) is 0 Å². The van der Waals surface area contributed by atoms with Gasteiger partial charge in [-0.25, -0.2) is 4.83 Å². The average Bonchev–Trinajstić information content (AvgIpc) is 2.60. The van der Waals surface area contributed by atoms with Crippen LogP contribution in [0.4, 0.5) is 0 Å². The fourth-order valence-corrected chi connectivity index (χ4v) is 2.99. The standard InChI is InChI=1S/C17H19BrN2O4S/c1-3-10-24-17-11-13(4-9-16(17)23-2)12-19-20-25(21,22)15-7-5-14(18)6-8-15/h4-9,11-12,20H,3,10H2,1-2H3/b19-12+. The second kappa shape index (κ2) is 8.87. The minimum Gasteiger partial charge on any atom is -0.493 e. The number of halogens is 1. The molecule has 8 heteroatoms. The van der Waals surface area contributed by atoms with Gasteiger partial charge in [-0.2, -0.15) is 13.5 Å². The Labute approximate surface area is 156 Å². The number of nitrogens with zero attached hydrogens (tertiary/aromatic N) is 1. The van der Waals surface area contributed by atoms with E-state index in [-0.39, 0.29) is 4.90 Å². The van der Waals surface area contributed by atoms with Crippen molar-refractivity contribution in [1.82, 2.24) is 4.83 Å². The van der Waals surface area contributed by atoms with Gasteiger partial charge >= 0.3 is 0 Å². The summed E-state index contributed by atoms with van der Waals surface area (Å²) >= 11 is 3.26. The van der Waals surface area contributed by atoms with E-state index in [4.69, 9.17) is 9.47 Å². The normalized spacial score (nSPS) is 11.5. The van der Waals surface area contributed by atoms with Gasteiger partial charge in [0.25, 0.3) is 10.0 Å². The number of benzene rings is 2. The summed E-state index contributed by atoms with van der Waals surface area (Å²) in [5.41, 5.74) is 0.686. The summed E-state index contributed by atoms with van der Waals surface area (Å²) in [6.07, 6.45) is 2.28. The third-order valence-corrected chi connectivity index (χ3v) is 4.93. The summed E-state index contributed by atoms with van der Waals surface area (Å²) in [7, 11) is -2.15. The van der Waals surface area contributed by atoms with Crippen LogP contribution in [-0.2, 0) is 10.0 Å². The first-order chi connectivity index (χ1) is 12.0. The molecule has 2 aromatic rings. The fraction of sp³-hybridized carbons (Fsp3) is 0.235. The van der Waals surface area contributed by atoms with E-state index in [9.17, 15) is 8.42 Å². The summed E-state index contributed by atoms with van der Waals surface area (Å²) < 4.78 is 36.0. The number of hydrogen-bond acceptors (Lipinski definition) is 5. The molecule has 0 saturated carbocycles. The Morgan fingerprint density at radius 2 is 1.88 bits per heavy atom. The highest BCUT2D eigenvalue weighted by molar-refractivity contribution is 9.10. The molecule has 6 nitrogen and oxygen atoms in total. The van der Waals surface area contributed by atoms with E-state index < -0.39 is 10.0 Å². The molecule has 2 rings (SSSR count). The van der Waals surface area contributed by atoms with Crippen molar-refractivity contribution in [2.24, 2.45) is 5.10 Å². The quantitative estimate of drug-likeness (QED) is 0.516. The highest BCUT2D eigenvalue weighted by atomic mass is 79.9. The number of methoxy groups -OCH3 is 1. The van der Waals surface area contributed by atoms with Gasteiger partial charge in [0.15, 0.2) is 11.5 Å². The van der Waals surface area contributed by atoms with E-state index >= 15 is 0 Å². The van der Waals surface area contributed by atoms with E-state index in [0.717, 1.165) is 10.9 Å². The second-order valence-corrected chi connectivity index (χ2v) is 7.64. The van der Waals surface area contributed by atoms with Gasteiger partial charge in [-0.3, -0.25) is 0 Å². The van der Waals surface area contributed by atoms with Crippen molar-refractivity contribution in [2.75, 3.05) is 13.7 Å². The van der Waals surface area contributed by atoms with Gasteiger partial charge in [-0.1, -0.05) is 22.9 Å². The topological polar surface area (TPSA) is 77.0 Å². The first-order valence-electron chi connectivity index (χ1n) is 7.57. The summed E-state index contributed by atoms with van der Waals surface area (Å²) in [5.74, 6) is 1.20. The van der Waals surface area contributed by atoms with Crippen molar-refractivity contribution in [3.05, 3.63) is 52.5 Å². The van der Waals surface area contributed by atoms with Crippen molar-refractivity contribution in [1.29, 1.82) is 0 Å². The molecule has 0 aliphatic rings. The van der Waals surface area contributed by atoms with Crippen molar-refractivity contribution < 1.29 is 17.9 Å². The lowest BCUT2D eigenvalue weighted by atomic mass is 10.2. The molecular formula is C17H19BrN2O4S. The molecule has 25 heavy (non-hydrogen) atoms. The Morgan fingerprint density at radius 1 is 1.16 bits per heavy atom. The maximum Gasteiger partial charge on any atom is 0.276 e. The molecular weight excluding hydrogens is 408 g/mol. The van der Waals surface area contributed by atoms with Gasteiger partial charge in [0, 0.05) is 4.47 Å².